The smallest absolute Gasteiger partial charge is 0.119 e. The van der Waals surface area contributed by atoms with Crippen LogP contribution in [0.2, 0.25) is 0 Å². The third-order valence-electron chi connectivity index (χ3n) is 4.25. The molecule has 0 spiro atoms. The first-order valence-electron chi connectivity index (χ1n) is 7.35. The average Bonchev–Trinajstić information content (AvgIpc) is 3.24. The van der Waals surface area contributed by atoms with E-state index >= 15 is 0 Å². The highest BCUT2D eigenvalue weighted by atomic mass is 16.5. The lowest BCUT2D eigenvalue weighted by Gasteiger charge is -2.27. The summed E-state index contributed by atoms with van der Waals surface area (Å²) in [5, 5.41) is 0. The number of hydrogen-bond donors (Lipinski definition) is 1. The molecule has 0 heterocycles. The summed E-state index contributed by atoms with van der Waals surface area (Å²) in [7, 11) is 0. The van der Waals surface area contributed by atoms with Crippen molar-refractivity contribution in [2.45, 2.75) is 57.1 Å². The number of hydrogen-bond acceptors (Lipinski definition) is 2. The average molecular weight is 245 g/mol. The Morgan fingerprint density at radius 3 is 2.22 bits per heavy atom. The summed E-state index contributed by atoms with van der Waals surface area (Å²) >= 11 is 0. The van der Waals surface area contributed by atoms with Gasteiger partial charge in [0.1, 0.15) is 5.75 Å². The predicted octanol–water partition coefficient (Wildman–Crippen LogP) is 3.81. The van der Waals surface area contributed by atoms with Crippen molar-refractivity contribution < 1.29 is 4.74 Å². The number of benzene rings is 1. The summed E-state index contributed by atoms with van der Waals surface area (Å²) in [6.07, 6.45) is 9.57. The van der Waals surface area contributed by atoms with E-state index in [1.807, 2.05) is 0 Å². The molecule has 2 heteroatoms. The van der Waals surface area contributed by atoms with E-state index in [0.717, 1.165) is 5.75 Å². The van der Waals surface area contributed by atoms with E-state index in [-0.39, 0.29) is 6.04 Å². The molecule has 0 radical (unpaired) electrons. The number of ether oxygens (including phenoxy) is 1. The Labute approximate surface area is 110 Å². The highest BCUT2D eigenvalue weighted by Gasteiger charge is 2.24. The fourth-order valence-corrected chi connectivity index (χ4v) is 2.91. The van der Waals surface area contributed by atoms with Crippen LogP contribution in [-0.2, 0) is 0 Å². The van der Waals surface area contributed by atoms with Crippen LogP contribution >= 0.6 is 0 Å². The van der Waals surface area contributed by atoms with Gasteiger partial charge in [0, 0.05) is 6.04 Å². The Bertz CT molecular complexity index is 377. The molecule has 1 aromatic carbocycles. The number of rotatable bonds is 4. The van der Waals surface area contributed by atoms with Crippen LogP contribution in [-0.4, -0.2) is 6.10 Å². The zero-order valence-electron chi connectivity index (χ0n) is 11.0. The van der Waals surface area contributed by atoms with Gasteiger partial charge in [0.05, 0.1) is 6.10 Å². The van der Waals surface area contributed by atoms with Crippen molar-refractivity contribution >= 4 is 0 Å². The molecular formula is C16H23NO. The van der Waals surface area contributed by atoms with Gasteiger partial charge < -0.3 is 10.5 Å². The second-order valence-electron chi connectivity index (χ2n) is 5.81. The molecule has 98 valence electrons. The highest BCUT2D eigenvalue weighted by Crippen LogP contribution is 2.34. The summed E-state index contributed by atoms with van der Waals surface area (Å²) in [6.45, 7) is 0. The zero-order valence-corrected chi connectivity index (χ0v) is 11.0. The lowest BCUT2D eigenvalue weighted by molar-refractivity contribution is 0.300. The summed E-state index contributed by atoms with van der Waals surface area (Å²) in [5.74, 6) is 1.67. The first kappa shape index (κ1) is 12.0. The lowest BCUT2D eigenvalue weighted by Crippen LogP contribution is -2.23. The van der Waals surface area contributed by atoms with Crippen LogP contribution in [0.3, 0.4) is 0 Å². The van der Waals surface area contributed by atoms with Gasteiger partial charge in [0.25, 0.3) is 0 Å². The first-order chi connectivity index (χ1) is 8.83. The van der Waals surface area contributed by atoms with Crippen molar-refractivity contribution in [2.24, 2.45) is 11.7 Å². The maximum atomic E-state index is 6.39. The summed E-state index contributed by atoms with van der Waals surface area (Å²) in [6, 6.07) is 8.67. The molecule has 0 bridgehead atoms. The molecule has 2 nitrogen and oxygen atoms in total. The van der Waals surface area contributed by atoms with Crippen molar-refractivity contribution in [3.63, 3.8) is 0 Å². The summed E-state index contributed by atoms with van der Waals surface area (Å²) in [4.78, 5) is 0. The monoisotopic (exact) mass is 245 g/mol. The van der Waals surface area contributed by atoms with Crippen molar-refractivity contribution in [1.29, 1.82) is 0 Å². The van der Waals surface area contributed by atoms with Gasteiger partial charge in [-0.2, -0.15) is 0 Å². The van der Waals surface area contributed by atoms with Crippen LogP contribution in [0.4, 0.5) is 0 Å². The van der Waals surface area contributed by atoms with Gasteiger partial charge in [-0.05, 0) is 49.3 Å². The van der Waals surface area contributed by atoms with Gasteiger partial charge in [-0.1, -0.05) is 31.4 Å². The molecule has 18 heavy (non-hydrogen) atoms. The molecule has 1 atom stereocenters. The zero-order chi connectivity index (χ0) is 12.4. The van der Waals surface area contributed by atoms with Crippen LogP contribution < -0.4 is 10.5 Å². The maximum Gasteiger partial charge on any atom is 0.119 e. The first-order valence-corrected chi connectivity index (χ1v) is 7.35. The van der Waals surface area contributed by atoms with E-state index in [1.165, 1.54) is 50.5 Å². The van der Waals surface area contributed by atoms with Crippen LogP contribution in [0.15, 0.2) is 24.3 Å². The van der Waals surface area contributed by atoms with Crippen LogP contribution in [0.25, 0.3) is 0 Å². The van der Waals surface area contributed by atoms with Gasteiger partial charge in [-0.25, -0.2) is 0 Å². The van der Waals surface area contributed by atoms with E-state index in [2.05, 4.69) is 24.3 Å². The summed E-state index contributed by atoms with van der Waals surface area (Å²) < 4.78 is 5.76. The molecule has 2 N–H and O–H groups in total. The van der Waals surface area contributed by atoms with E-state index in [9.17, 15) is 0 Å². The largest absolute Gasteiger partial charge is 0.490 e. The van der Waals surface area contributed by atoms with Crippen LogP contribution in [0, 0.1) is 5.92 Å². The van der Waals surface area contributed by atoms with Gasteiger partial charge in [-0.3, -0.25) is 0 Å². The number of nitrogens with two attached hydrogens (primary N) is 1. The third kappa shape index (κ3) is 2.86. The third-order valence-corrected chi connectivity index (χ3v) is 4.25. The van der Waals surface area contributed by atoms with Crippen LogP contribution in [0.5, 0.6) is 5.75 Å². The lowest BCUT2D eigenvalue weighted by atomic mass is 9.81. The molecule has 0 aromatic heterocycles. The van der Waals surface area contributed by atoms with Gasteiger partial charge in [0.2, 0.25) is 0 Å². The Hall–Kier alpha value is -1.02. The molecule has 3 rings (SSSR count). The maximum absolute atomic E-state index is 6.39. The Balaban J connectivity index is 1.63. The molecule has 0 amide bonds. The molecule has 0 saturated heterocycles. The quantitative estimate of drug-likeness (QED) is 0.875. The molecule has 2 fully saturated rings. The van der Waals surface area contributed by atoms with E-state index in [0.29, 0.717) is 12.0 Å². The molecule has 2 aliphatic rings. The van der Waals surface area contributed by atoms with Gasteiger partial charge >= 0.3 is 0 Å². The van der Waals surface area contributed by atoms with E-state index < -0.39 is 0 Å². The molecule has 1 aromatic rings. The Morgan fingerprint density at radius 1 is 0.944 bits per heavy atom. The summed E-state index contributed by atoms with van der Waals surface area (Å²) in [5.41, 5.74) is 7.66. The minimum absolute atomic E-state index is 0.209. The SMILES string of the molecule is NC(c1ccc(OC2CC2)cc1)C1CCCCC1. The molecular weight excluding hydrogens is 222 g/mol. The van der Waals surface area contributed by atoms with E-state index in [4.69, 9.17) is 10.5 Å². The van der Waals surface area contributed by atoms with Gasteiger partial charge in [-0.15, -0.1) is 0 Å². The predicted molar refractivity (Wildman–Crippen MR) is 73.6 cm³/mol. The molecule has 1 unspecified atom stereocenters. The van der Waals surface area contributed by atoms with E-state index in [1.54, 1.807) is 0 Å². The second-order valence-corrected chi connectivity index (χ2v) is 5.81. The minimum Gasteiger partial charge on any atom is -0.490 e. The second kappa shape index (κ2) is 5.31. The van der Waals surface area contributed by atoms with Crippen molar-refractivity contribution in [3.8, 4) is 5.75 Å². The fourth-order valence-electron chi connectivity index (χ4n) is 2.91. The normalized spacial score (nSPS) is 22.7. The fraction of sp³-hybridized carbons (Fsp3) is 0.625. The Kier molecular flexibility index (Phi) is 3.55. The van der Waals surface area contributed by atoms with Crippen molar-refractivity contribution in [2.75, 3.05) is 0 Å². The Morgan fingerprint density at radius 2 is 1.61 bits per heavy atom. The topological polar surface area (TPSA) is 35.2 Å². The molecule has 0 aliphatic heterocycles. The van der Waals surface area contributed by atoms with Crippen LogP contribution in [0.1, 0.15) is 56.6 Å². The minimum atomic E-state index is 0.209. The molecule has 2 saturated carbocycles. The standard InChI is InChI=1S/C16H23NO/c17-16(12-4-2-1-3-5-12)13-6-8-14(9-7-13)18-15-10-11-15/h6-9,12,15-16H,1-5,10-11,17H2. The molecule has 2 aliphatic carbocycles. The van der Waals surface area contributed by atoms with Gasteiger partial charge in [0.15, 0.2) is 0 Å². The highest BCUT2D eigenvalue weighted by molar-refractivity contribution is 5.29. The van der Waals surface area contributed by atoms with Crippen molar-refractivity contribution in [1.82, 2.24) is 0 Å². The van der Waals surface area contributed by atoms with Crippen molar-refractivity contribution in [3.05, 3.63) is 29.8 Å².